The van der Waals surface area contributed by atoms with E-state index in [1.54, 1.807) is 6.08 Å². The minimum Gasteiger partial charge on any atom is -0.396 e. The van der Waals surface area contributed by atoms with E-state index in [0.717, 1.165) is 32.1 Å². The molecule has 70 valence electrons. The highest BCUT2D eigenvalue weighted by Gasteiger charge is 2.19. The van der Waals surface area contributed by atoms with Crippen LogP contribution in [0.15, 0.2) is 12.4 Å². The highest BCUT2D eigenvalue weighted by molar-refractivity contribution is 4.80. The average Bonchev–Trinajstić information content (AvgIpc) is 2.15. The lowest BCUT2D eigenvalue weighted by molar-refractivity contribution is 0.168. The van der Waals surface area contributed by atoms with Crippen LogP contribution < -0.4 is 0 Å². The summed E-state index contributed by atoms with van der Waals surface area (Å²) in [7, 11) is 0. The lowest BCUT2D eigenvalue weighted by Gasteiger charge is -2.26. The second-order valence-electron chi connectivity index (χ2n) is 3.67. The van der Waals surface area contributed by atoms with Gasteiger partial charge in [0.2, 0.25) is 0 Å². The summed E-state index contributed by atoms with van der Waals surface area (Å²) in [6.07, 6.45) is 7.63. The number of hydrogen-bond donors (Lipinski definition) is 1. The highest BCUT2D eigenvalue weighted by Crippen LogP contribution is 2.30. The molecule has 0 bridgehead atoms. The zero-order chi connectivity index (χ0) is 8.81. The standard InChI is InChI=1S/C10H17FO/c11-7-1-2-9-3-5-10(8-12)6-4-9/h1,7,9-10,12H,2-6,8H2. The first-order valence-electron chi connectivity index (χ1n) is 4.73. The number of rotatable bonds is 3. The van der Waals surface area contributed by atoms with Gasteiger partial charge in [-0.05, 0) is 43.9 Å². The molecule has 1 nitrogen and oxygen atoms in total. The summed E-state index contributed by atoms with van der Waals surface area (Å²) in [4.78, 5) is 0. The second-order valence-corrected chi connectivity index (χ2v) is 3.67. The molecule has 2 heteroatoms. The summed E-state index contributed by atoms with van der Waals surface area (Å²) in [5.74, 6) is 1.16. The molecule has 0 aliphatic heterocycles. The highest BCUT2D eigenvalue weighted by atomic mass is 19.1. The monoisotopic (exact) mass is 172 g/mol. The third kappa shape index (κ3) is 2.94. The first-order valence-corrected chi connectivity index (χ1v) is 4.73. The van der Waals surface area contributed by atoms with Crippen molar-refractivity contribution in [2.24, 2.45) is 11.8 Å². The van der Waals surface area contributed by atoms with E-state index in [1.165, 1.54) is 0 Å². The molecule has 0 unspecified atom stereocenters. The number of aliphatic hydroxyl groups excluding tert-OH is 1. The fourth-order valence-corrected chi connectivity index (χ4v) is 1.89. The summed E-state index contributed by atoms with van der Waals surface area (Å²) < 4.78 is 11.7. The minimum absolute atomic E-state index is 0.325. The van der Waals surface area contributed by atoms with E-state index < -0.39 is 0 Å². The van der Waals surface area contributed by atoms with Crippen LogP contribution in [0.4, 0.5) is 4.39 Å². The smallest absolute Gasteiger partial charge is 0.0827 e. The van der Waals surface area contributed by atoms with Gasteiger partial charge in [-0.1, -0.05) is 6.08 Å². The van der Waals surface area contributed by atoms with Gasteiger partial charge in [-0.2, -0.15) is 0 Å². The Bertz CT molecular complexity index is 137. The predicted molar refractivity (Wildman–Crippen MR) is 47.4 cm³/mol. The molecule has 0 spiro atoms. The van der Waals surface area contributed by atoms with Crippen LogP contribution in [0.25, 0.3) is 0 Å². The Morgan fingerprint density at radius 3 is 2.25 bits per heavy atom. The second kappa shape index (κ2) is 5.31. The molecule has 1 aliphatic carbocycles. The SMILES string of the molecule is OCC1CCC(CC=CF)CC1. The molecule has 1 N–H and O–H groups in total. The zero-order valence-electron chi connectivity index (χ0n) is 7.38. The van der Waals surface area contributed by atoms with Crippen molar-refractivity contribution in [2.75, 3.05) is 6.61 Å². The molecule has 1 rings (SSSR count). The first-order chi connectivity index (χ1) is 5.86. The molecule has 0 atom stereocenters. The van der Waals surface area contributed by atoms with Crippen LogP contribution in [-0.2, 0) is 0 Å². The number of halogens is 1. The average molecular weight is 172 g/mol. The Morgan fingerprint density at radius 1 is 1.17 bits per heavy atom. The Labute approximate surface area is 73.3 Å². The maximum Gasteiger partial charge on any atom is 0.0827 e. The largest absolute Gasteiger partial charge is 0.396 e. The van der Waals surface area contributed by atoms with Gasteiger partial charge >= 0.3 is 0 Å². The Hall–Kier alpha value is -0.370. The van der Waals surface area contributed by atoms with Gasteiger partial charge in [-0.3, -0.25) is 0 Å². The van der Waals surface area contributed by atoms with Crippen LogP contribution in [0.1, 0.15) is 32.1 Å². The van der Waals surface area contributed by atoms with Crippen LogP contribution in [-0.4, -0.2) is 11.7 Å². The van der Waals surface area contributed by atoms with Crippen LogP contribution in [0, 0.1) is 11.8 Å². The fraction of sp³-hybridized carbons (Fsp3) is 0.800. The quantitative estimate of drug-likeness (QED) is 0.694. The maximum absolute atomic E-state index is 11.7. The van der Waals surface area contributed by atoms with E-state index in [0.29, 0.717) is 24.8 Å². The van der Waals surface area contributed by atoms with E-state index in [2.05, 4.69) is 0 Å². The van der Waals surface area contributed by atoms with Gasteiger partial charge in [0.05, 0.1) is 6.33 Å². The van der Waals surface area contributed by atoms with Crippen LogP contribution in [0.5, 0.6) is 0 Å². The van der Waals surface area contributed by atoms with Gasteiger partial charge in [0, 0.05) is 6.61 Å². The molecule has 1 fully saturated rings. The molecule has 0 heterocycles. The Balaban J connectivity index is 2.17. The molecule has 0 aromatic carbocycles. The molecule has 0 amide bonds. The van der Waals surface area contributed by atoms with Crippen molar-refractivity contribution in [3.8, 4) is 0 Å². The zero-order valence-corrected chi connectivity index (χ0v) is 7.38. The van der Waals surface area contributed by atoms with Gasteiger partial charge in [0.25, 0.3) is 0 Å². The third-order valence-corrected chi connectivity index (χ3v) is 2.78. The van der Waals surface area contributed by atoms with Crippen molar-refractivity contribution < 1.29 is 9.50 Å². The van der Waals surface area contributed by atoms with Crippen molar-refractivity contribution >= 4 is 0 Å². The topological polar surface area (TPSA) is 20.2 Å². The summed E-state index contributed by atoms with van der Waals surface area (Å²) >= 11 is 0. The summed E-state index contributed by atoms with van der Waals surface area (Å²) in [6, 6.07) is 0. The molecule has 0 radical (unpaired) electrons. The van der Waals surface area contributed by atoms with E-state index in [-0.39, 0.29) is 0 Å². The van der Waals surface area contributed by atoms with Crippen molar-refractivity contribution in [3.63, 3.8) is 0 Å². The molecule has 0 saturated heterocycles. The lowest BCUT2D eigenvalue weighted by Crippen LogP contribution is -2.16. The van der Waals surface area contributed by atoms with E-state index in [1.807, 2.05) is 0 Å². The van der Waals surface area contributed by atoms with Gasteiger partial charge in [0.1, 0.15) is 0 Å². The molecular weight excluding hydrogens is 155 g/mol. The van der Waals surface area contributed by atoms with E-state index in [4.69, 9.17) is 5.11 Å². The molecule has 1 aliphatic rings. The Morgan fingerprint density at radius 2 is 1.75 bits per heavy atom. The first kappa shape index (κ1) is 9.72. The van der Waals surface area contributed by atoms with Crippen LogP contribution in [0.3, 0.4) is 0 Å². The molecule has 12 heavy (non-hydrogen) atoms. The summed E-state index contributed by atoms with van der Waals surface area (Å²) in [6.45, 7) is 0.325. The van der Waals surface area contributed by atoms with Crippen molar-refractivity contribution in [3.05, 3.63) is 12.4 Å². The Kier molecular flexibility index (Phi) is 4.30. The fourth-order valence-electron chi connectivity index (χ4n) is 1.89. The molecule has 0 aromatic heterocycles. The normalized spacial score (nSPS) is 31.2. The van der Waals surface area contributed by atoms with Crippen LogP contribution >= 0.6 is 0 Å². The molecule has 1 saturated carbocycles. The number of hydrogen-bond acceptors (Lipinski definition) is 1. The number of allylic oxidation sites excluding steroid dienone is 1. The van der Waals surface area contributed by atoms with Gasteiger partial charge in [0.15, 0.2) is 0 Å². The minimum atomic E-state index is 0.325. The van der Waals surface area contributed by atoms with Crippen molar-refractivity contribution in [2.45, 2.75) is 32.1 Å². The van der Waals surface area contributed by atoms with Crippen molar-refractivity contribution in [1.82, 2.24) is 0 Å². The molecular formula is C10H17FO. The lowest BCUT2D eigenvalue weighted by atomic mass is 9.81. The third-order valence-electron chi connectivity index (χ3n) is 2.78. The van der Waals surface area contributed by atoms with Gasteiger partial charge in [-0.15, -0.1) is 0 Å². The summed E-state index contributed by atoms with van der Waals surface area (Å²) in [5, 5.41) is 8.88. The van der Waals surface area contributed by atoms with E-state index >= 15 is 0 Å². The van der Waals surface area contributed by atoms with Crippen LogP contribution in [0.2, 0.25) is 0 Å². The van der Waals surface area contributed by atoms with Crippen molar-refractivity contribution in [1.29, 1.82) is 0 Å². The van der Waals surface area contributed by atoms with E-state index in [9.17, 15) is 4.39 Å². The number of aliphatic hydroxyl groups is 1. The molecule has 0 aromatic rings. The summed E-state index contributed by atoms with van der Waals surface area (Å²) in [5.41, 5.74) is 0. The van der Waals surface area contributed by atoms with Gasteiger partial charge < -0.3 is 5.11 Å². The predicted octanol–water partition coefficient (Wildman–Crippen LogP) is 2.66. The maximum atomic E-state index is 11.7. The van der Waals surface area contributed by atoms with Gasteiger partial charge in [-0.25, -0.2) is 4.39 Å².